The van der Waals surface area contributed by atoms with Gasteiger partial charge < -0.3 is 0 Å². The Kier molecular flexibility index (Phi) is 2.65. The van der Waals surface area contributed by atoms with Crippen molar-refractivity contribution in [3.63, 3.8) is 0 Å². The average Bonchev–Trinajstić information content (AvgIpc) is 2.48. The van der Waals surface area contributed by atoms with Gasteiger partial charge in [0.1, 0.15) is 4.90 Å². The van der Waals surface area contributed by atoms with Gasteiger partial charge in [0.15, 0.2) is 0 Å². The highest BCUT2D eigenvalue weighted by Gasteiger charge is 2.17. The lowest BCUT2D eigenvalue weighted by atomic mass is 10.5. The van der Waals surface area contributed by atoms with E-state index in [2.05, 4.69) is 14.9 Å². The molecule has 0 fully saturated rings. The van der Waals surface area contributed by atoms with Crippen LogP contribution in [0.1, 0.15) is 5.69 Å². The quantitative estimate of drug-likeness (QED) is 0.644. The minimum absolute atomic E-state index is 0.0720. The summed E-state index contributed by atoms with van der Waals surface area (Å²) in [5.74, 6) is 0. The summed E-state index contributed by atoms with van der Waals surface area (Å²) in [4.78, 5) is 0.0720. The number of rotatable bonds is 3. The lowest BCUT2D eigenvalue weighted by molar-refractivity contribution is 0.585. The number of sulfonamides is 1. The van der Waals surface area contributed by atoms with E-state index in [0.29, 0.717) is 5.69 Å². The summed E-state index contributed by atoms with van der Waals surface area (Å²) in [5.41, 5.74) is 0.449. The Balaban J connectivity index is 2.96. The van der Waals surface area contributed by atoms with Gasteiger partial charge in [-0.25, -0.2) is 8.42 Å². The third-order valence-corrected chi connectivity index (χ3v) is 2.93. The Morgan fingerprint density at radius 1 is 1.77 bits per heavy atom. The smallest absolute Gasteiger partial charge is 0.244 e. The van der Waals surface area contributed by atoms with Crippen LogP contribution >= 0.6 is 0 Å². The number of hydrogen-bond donors (Lipinski definition) is 2. The number of aromatic amines is 1. The van der Waals surface area contributed by atoms with Crippen LogP contribution in [0.25, 0.3) is 0 Å². The van der Waals surface area contributed by atoms with Gasteiger partial charge in [0, 0.05) is 0 Å². The minimum Gasteiger partial charge on any atom is -0.281 e. The zero-order valence-electron chi connectivity index (χ0n) is 6.90. The number of nitrogens with zero attached hydrogens (tertiary/aromatic N) is 2. The minimum atomic E-state index is -3.58. The molecule has 2 N–H and O–H groups in total. The summed E-state index contributed by atoms with van der Waals surface area (Å²) in [7, 11) is -3.58. The molecule has 0 saturated heterocycles. The Labute approximate surface area is 75.6 Å². The van der Waals surface area contributed by atoms with Crippen molar-refractivity contribution in [3.05, 3.63) is 11.9 Å². The first-order valence-corrected chi connectivity index (χ1v) is 4.93. The number of aryl methyl sites for hydroxylation is 1. The second-order valence-corrected chi connectivity index (χ2v) is 4.08. The van der Waals surface area contributed by atoms with E-state index in [1.165, 1.54) is 6.20 Å². The number of hydrogen-bond acceptors (Lipinski definition) is 4. The first-order valence-electron chi connectivity index (χ1n) is 3.44. The summed E-state index contributed by atoms with van der Waals surface area (Å²) in [6, 6.07) is 1.68. The van der Waals surface area contributed by atoms with E-state index in [1.54, 1.807) is 13.0 Å². The van der Waals surface area contributed by atoms with Crippen LogP contribution in [0.4, 0.5) is 0 Å². The van der Waals surface area contributed by atoms with Crippen LogP contribution in [-0.4, -0.2) is 25.2 Å². The van der Waals surface area contributed by atoms with Gasteiger partial charge in [-0.15, -0.1) is 0 Å². The Hall–Kier alpha value is -1.39. The van der Waals surface area contributed by atoms with Crippen LogP contribution < -0.4 is 4.72 Å². The predicted molar refractivity (Wildman–Crippen MR) is 44.1 cm³/mol. The molecule has 0 saturated carbocycles. The van der Waals surface area contributed by atoms with E-state index in [1.807, 2.05) is 0 Å². The van der Waals surface area contributed by atoms with E-state index in [-0.39, 0.29) is 11.4 Å². The van der Waals surface area contributed by atoms with Gasteiger partial charge in [-0.05, 0) is 6.92 Å². The molecule has 0 aliphatic heterocycles. The molecule has 70 valence electrons. The van der Waals surface area contributed by atoms with Crippen molar-refractivity contribution in [2.75, 3.05) is 6.54 Å². The van der Waals surface area contributed by atoms with E-state index < -0.39 is 10.0 Å². The summed E-state index contributed by atoms with van der Waals surface area (Å²) in [6.45, 7) is 1.35. The average molecular weight is 200 g/mol. The molecule has 0 aliphatic carbocycles. The zero-order valence-corrected chi connectivity index (χ0v) is 7.72. The first-order chi connectivity index (χ1) is 6.08. The van der Waals surface area contributed by atoms with Crippen LogP contribution in [0.5, 0.6) is 0 Å². The SMILES string of the molecule is Cc1[nH]ncc1S(=O)(=O)NCC#N. The predicted octanol–water partition coefficient (Wildman–Crippen LogP) is -0.480. The van der Waals surface area contributed by atoms with Crippen LogP contribution in [0.2, 0.25) is 0 Å². The van der Waals surface area contributed by atoms with Crippen molar-refractivity contribution in [2.45, 2.75) is 11.8 Å². The fraction of sp³-hybridized carbons (Fsp3) is 0.333. The van der Waals surface area contributed by atoms with Gasteiger partial charge in [-0.3, -0.25) is 5.10 Å². The number of aromatic nitrogens is 2. The molecule has 0 atom stereocenters. The number of nitrogens with one attached hydrogen (secondary N) is 2. The maximum Gasteiger partial charge on any atom is 0.244 e. The molecule has 0 unspecified atom stereocenters. The van der Waals surface area contributed by atoms with Crippen LogP contribution in [-0.2, 0) is 10.0 Å². The fourth-order valence-electron chi connectivity index (χ4n) is 0.816. The lowest BCUT2D eigenvalue weighted by Crippen LogP contribution is -2.24. The van der Waals surface area contributed by atoms with Gasteiger partial charge in [0.05, 0.1) is 24.5 Å². The van der Waals surface area contributed by atoms with E-state index >= 15 is 0 Å². The molecule has 0 spiro atoms. The standard InChI is InChI=1S/C6H8N4O2S/c1-5-6(4-8-10-5)13(11,12)9-3-2-7/h4,9H,3H2,1H3,(H,8,10). The molecular weight excluding hydrogens is 192 g/mol. The van der Waals surface area contributed by atoms with Crippen molar-refractivity contribution >= 4 is 10.0 Å². The number of H-pyrrole nitrogens is 1. The fourth-order valence-corrected chi connectivity index (χ4v) is 1.87. The molecule has 1 aromatic rings. The first kappa shape index (κ1) is 9.70. The topological polar surface area (TPSA) is 98.6 Å². The molecular formula is C6H8N4O2S. The van der Waals surface area contributed by atoms with Crippen LogP contribution in [0.15, 0.2) is 11.1 Å². The second-order valence-electron chi connectivity index (χ2n) is 2.34. The number of nitriles is 1. The lowest BCUT2D eigenvalue weighted by Gasteiger charge is -2.00. The maximum atomic E-state index is 11.4. The summed E-state index contributed by atoms with van der Waals surface area (Å²) in [5, 5.41) is 14.3. The Bertz CT molecular complexity index is 428. The van der Waals surface area contributed by atoms with Crippen molar-refractivity contribution < 1.29 is 8.42 Å². The van der Waals surface area contributed by atoms with Crippen molar-refractivity contribution in [3.8, 4) is 6.07 Å². The molecule has 0 aliphatic rings. The maximum absolute atomic E-state index is 11.4. The third kappa shape index (κ3) is 2.05. The molecule has 6 nitrogen and oxygen atoms in total. The molecule has 0 radical (unpaired) electrons. The molecule has 1 heterocycles. The van der Waals surface area contributed by atoms with E-state index in [4.69, 9.17) is 5.26 Å². The summed E-state index contributed by atoms with van der Waals surface area (Å²) >= 11 is 0. The monoisotopic (exact) mass is 200 g/mol. The Morgan fingerprint density at radius 2 is 2.46 bits per heavy atom. The van der Waals surface area contributed by atoms with E-state index in [0.717, 1.165) is 0 Å². The van der Waals surface area contributed by atoms with Gasteiger partial charge >= 0.3 is 0 Å². The molecule has 1 rings (SSSR count). The van der Waals surface area contributed by atoms with Gasteiger partial charge in [-0.1, -0.05) is 0 Å². The van der Waals surface area contributed by atoms with E-state index in [9.17, 15) is 8.42 Å². The largest absolute Gasteiger partial charge is 0.281 e. The van der Waals surface area contributed by atoms with Gasteiger partial charge in [-0.2, -0.15) is 15.1 Å². The molecule has 1 aromatic heterocycles. The molecule has 7 heteroatoms. The van der Waals surface area contributed by atoms with Crippen molar-refractivity contribution in [2.24, 2.45) is 0 Å². The zero-order chi connectivity index (χ0) is 9.90. The van der Waals surface area contributed by atoms with Gasteiger partial charge in [0.25, 0.3) is 0 Å². The normalized spacial score (nSPS) is 11.1. The summed E-state index contributed by atoms with van der Waals surface area (Å²) < 4.78 is 24.8. The Morgan fingerprint density at radius 3 is 2.92 bits per heavy atom. The molecule has 0 bridgehead atoms. The molecule has 13 heavy (non-hydrogen) atoms. The molecule has 0 aromatic carbocycles. The van der Waals surface area contributed by atoms with Crippen LogP contribution in [0.3, 0.4) is 0 Å². The van der Waals surface area contributed by atoms with Crippen LogP contribution in [0, 0.1) is 18.3 Å². The highest BCUT2D eigenvalue weighted by Crippen LogP contribution is 2.09. The molecule has 0 amide bonds. The summed E-state index contributed by atoms with van der Waals surface area (Å²) in [6.07, 6.45) is 1.20. The van der Waals surface area contributed by atoms with Crippen molar-refractivity contribution in [1.82, 2.24) is 14.9 Å². The van der Waals surface area contributed by atoms with Crippen molar-refractivity contribution in [1.29, 1.82) is 5.26 Å². The van der Waals surface area contributed by atoms with Gasteiger partial charge in [0.2, 0.25) is 10.0 Å². The second kappa shape index (κ2) is 3.55. The third-order valence-electron chi connectivity index (χ3n) is 1.41. The highest BCUT2D eigenvalue weighted by atomic mass is 32.2. The highest BCUT2D eigenvalue weighted by molar-refractivity contribution is 7.89.